The molecule has 0 aliphatic heterocycles. The fraction of sp³-hybridized carbons (Fsp3) is 1.00. The van der Waals surface area contributed by atoms with Crippen LogP contribution in [0.25, 0.3) is 0 Å². The predicted molar refractivity (Wildman–Crippen MR) is 60.0 cm³/mol. The molecule has 2 N–H and O–H groups in total. The summed E-state index contributed by atoms with van der Waals surface area (Å²) in [5.74, 6) is 0. The summed E-state index contributed by atoms with van der Waals surface area (Å²) in [7, 11) is 3.91. The van der Waals surface area contributed by atoms with Gasteiger partial charge in [-0.15, -0.1) is 0 Å². The lowest BCUT2D eigenvalue weighted by atomic mass is 10.5. The van der Waals surface area contributed by atoms with Crippen molar-refractivity contribution in [3.63, 3.8) is 0 Å². The van der Waals surface area contributed by atoms with Gasteiger partial charge in [-0.25, -0.2) is 0 Å². The highest BCUT2D eigenvalue weighted by Crippen LogP contribution is 1.85. The molecule has 0 aromatic heterocycles. The average molecular weight is 220 g/mol. The largest absolute Gasteiger partial charge is 0.395 e. The van der Waals surface area contributed by atoms with Crippen molar-refractivity contribution in [2.75, 3.05) is 66.7 Å². The van der Waals surface area contributed by atoms with Crippen LogP contribution < -0.4 is 0 Å². The topological polar surface area (TPSA) is 56.2 Å². The van der Waals surface area contributed by atoms with Gasteiger partial charge in [0.15, 0.2) is 0 Å². The maximum absolute atomic E-state index is 8.66. The van der Waals surface area contributed by atoms with Gasteiger partial charge < -0.3 is 24.7 Å². The summed E-state index contributed by atoms with van der Waals surface area (Å²) in [4.78, 5) is 4.05. The zero-order chi connectivity index (χ0) is 11.5. The normalized spacial score (nSPS) is 11.6. The SMILES string of the molecule is CN(CCO)CCOCCN(C)CCO. The Balaban J connectivity index is 3.17. The molecule has 0 spiro atoms. The fourth-order valence-electron chi connectivity index (χ4n) is 1.11. The van der Waals surface area contributed by atoms with E-state index in [1.54, 1.807) is 0 Å². The molecule has 0 aliphatic rings. The molecule has 0 saturated heterocycles. The van der Waals surface area contributed by atoms with Gasteiger partial charge in [0, 0.05) is 26.2 Å². The minimum Gasteiger partial charge on any atom is -0.395 e. The first kappa shape index (κ1) is 14.8. The number of hydrogen-bond acceptors (Lipinski definition) is 5. The quantitative estimate of drug-likeness (QED) is 0.455. The Hall–Kier alpha value is -0.200. The van der Waals surface area contributed by atoms with Crippen LogP contribution in [-0.4, -0.2) is 86.7 Å². The number of ether oxygens (including phenoxy) is 1. The van der Waals surface area contributed by atoms with E-state index in [0.717, 1.165) is 13.1 Å². The van der Waals surface area contributed by atoms with Crippen LogP contribution in [0.5, 0.6) is 0 Å². The highest BCUT2D eigenvalue weighted by Gasteiger charge is 1.98. The average Bonchev–Trinajstić information content (AvgIpc) is 2.18. The molecular formula is C10H24N2O3. The smallest absolute Gasteiger partial charge is 0.0594 e. The van der Waals surface area contributed by atoms with E-state index in [2.05, 4.69) is 0 Å². The molecule has 0 heterocycles. The summed E-state index contributed by atoms with van der Waals surface area (Å²) in [6.07, 6.45) is 0. The summed E-state index contributed by atoms with van der Waals surface area (Å²) in [6, 6.07) is 0. The number of nitrogens with zero attached hydrogens (tertiary/aromatic N) is 2. The van der Waals surface area contributed by atoms with Crippen molar-refractivity contribution in [2.45, 2.75) is 0 Å². The lowest BCUT2D eigenvalue weighted by Gasteiger charge is -2.17. The van der Waals surface area contributed by atoms with Gasteiger partial charge in [-0.2, -0.15) is 0 Å². The molecule has 0 aliphatic carbocycles. The van der Waals surface area contributed by atoms with Crippen LogP contribution in [-0.2, 0) is 4.74 Å². The molecule has 0 rings (SSSR count). The Morgan fingerprint density at radius 2 is 1.20 bits per heavy atom. The Morgan fingerprint density at radius 1 is 0.800 bits per heavy atom. The Bertz CT molecular complexity index is 122. The summed E-state index contributed by atoms with van der Waals surface area (Å²) in [6.45, 7) is 4.80. The van der Waals surface area contributed by atoms with E-state index in [0.29, 0.717) is 26.3 Å². The van der Waals surface area contributed by atoms with Crippen LogP contribution in [0.3, 0.4) is 0 Å². The number of rotatable bonds is 10. The van der Waals surface area contributed by atoms with E-state index in [1.807, 2.05) is 23.9 Å². The van der Waals surface area contributed by atoms with Crippen LogP contribution in [0.1, 0.15) is 0 Å². The van der Waals surface area contributed by atoms with Crippen LogP contribution in [0.15, 0.2) is 0 Å². The predicted octanol–water partition coefficient (Wildman–Crippen LogP) is -1.15. The van der Waals surface area contributed by atoms with Gasteiger partial charge in [0.05, 0.1) is 26.4 Å². The monoisotopic (exact) mass is 220 g/mol. The van der Waals surface area contributed by atoms with Crippen molar-refractivity contribution in [3.8, 4) is 0 Å². The van der Waals surface area contributed by atoms with Crippen molar-refractivity contribution in [1.82, 2.24) is 9.80 Å². The first-order valence-electron chi connectivity index (χ1n) is 5.37. The van der Waals surface area contributed by atoms with Gasteiger partial charge >= 0.3 is 0 Å². The Morgan fingerprint density at radius 3 is 1.53 bits per heavy atom. The van der Waals surface area contributed by atoms with Crippen molar-refractivity contribution < 1.29 is 14.9 Å². The third-order valence-corrected chi connectivity index (χ3v) is 2.20. The number of aliphatic hydroxyl groups is 2. The molecular weight excluding hydrogens is 196 g/mol. The van der Waals surface area contributed by atoms with Crippen LogP contribution in [0.4, 0.5) is 0 Å². The second-order valence-corrected chi connectivity index (χ2v) is 3.67. The summed E-state index contributed by atoms with van der Waals surface area (Å²) in [5.41, 5.74) is 0. The Labute approximate surface area is 92.2 Å². The molecule has 0 radical (unpaired) electrons. The number of likely N-dealkylation sites (N-methyl/N-ethyl adjacent to an activating group) is 2. The highest BCUT2D eigenvalue weighted by molar-refractivity contribution is 4.51. The summed E-state index contributed by atoms with van der Waals surface area (Å²) < 4.78 is 5.42. The van der Waals surface area contributed by atoms with Crippen molar-refractivity contribution >= 4 is 0 Å². The van der Waals surface area contributed by atoms with Crippen LogP contribution >= 0.6 is 0 Å². The molecule has 0 aromatic carbocycles. The lowest BCUT2D eigenvalue weighted by Crippen LogP contribution is -2.29. The van der Waals surface area contributed by atoms with E-state index >= 15 is 0 Å². The molecule has 5 nitrogen and oxygen atoms in total. The number of hydrogen-bond donors (Lipinski definition) is 2. The van der Waals surface area contributed by atoms with Crippen molar-refractivity contribution in [2.24, 2.45) is 0 Å². The molecule has 0 unspecified atom stereocenters. The van der Waals surface area contributed by atoms with Gasteiger partial charge in [-0.3, -0.25) is 0 Å². The van der Waals surface area contributed by atoms with E-state index in [1.165, 1.54) is 0 Å². The van der Waals surface area contributed by atoms with Crippen molar-refractivity contribution in [3.05, 3.63) is 0 Å². The zero-order valence-corrected chi connectivity index (χ0v) is 9.85. The summed E-state index contributed by atoms with van der Waals surface area (Å²) in [5, 5.41) is 17.3. The van der Waals surface area contributed by atoms with Gasteiger partial charge in [0.2, 0.25) is 0 Å². The molecule has 5 heteroatoms. The first-order valence-corrected chi connectivity index (χ1v) is 5.37. The second kappa shape index (κ2) is 10.3. The first-order chi connectivity index (χ1) is 7.20. The second-order valence-electron chi connectivity index (χ2n) is 3.67. The maximum Gasteiger partial charge on any atom is 0.0594 e. The molecule has 0 amide bonds. The zero-order valence-electron chi connectivity index (χ0n) is 9.85. The molecule has 0 atom stereocenters. The molecule has 0 saturated carbocycles. The van der Waals surface area contributed by atoms with Crippen molar-refractivity contribution in [1.29, 1.82) is 0 Å². The minimum atomic E-state index is 0.190. The third kappa shape index (κ3) is 10.1. The van der Waals surface area contributed by atoms with E-state index in [4.69, 9.17) is 14.9 Å². The molecule has 0 aromatic rings. The van der Waals surface area contributed by atoms with Gasteiger partial charge in [0.25, 0.3) is 0 Å². The van der Waals surface area contributed by atoms with Gasteiger partial charge in [-0.05, 0) is 14.1 Å². The third-order valence-electron chi connectivity index (χ3n) is 2.20. The molecule has 15 heavy (non-hydrogen) atoms. The van der Waals surface area contributed by atoms with Gasteiger partial charge in [-0.1, -0.05) is 0 Å². The van der Waals surface area contributed by atoms with Crippen LogP contribution in [0, 0.1) is 0 Å². The molecule has 0 fully saturated rings. The number of aliphatic hydroxyl groups excluding tert-OH is 2. The van der Waals surface area contributed by atoms with E-state index in [-0.39, 0.29) is 13.2 Å². The summed E-state index contributed by atoms with van der Waals surface area (Å²) >= 11 is 0. The molecule has 92 valence electrons. The maximum atomic E-state index is 8.66. The highest BCUT2D eigenvalue weighted by atomic mass is 16.5. The van der Waals surface area contributed by atoms with Gasteiger partial charge in [0.1, 0.15) is 0 Å². The molecule has 0 bridgehead atoms. The van der Waals surface area contributed by atoms with E-state index in [9.17, 15) is 0 Å². The Kier molecular flexibility index (Phi) is 10.2. The fourth-order valence-corrected chi connectivity index (χ4v) is 1.11. The van der Waals surface area contributed by atoms with Crippen LogP contribution in [0.2, 0.25) is 0 Å². The minimum absolute atomic E-state index is 0.190. The van der Waals surface area contributed by atoms with E-state index < -0.39 is 0 Å². The standard InChI is InChI=1S/C10H24N2O3/c1-11(3-7-13)5-9-15-10-6-12(2)4-8-14/h13-14H,3-10H2,1-2H3. The lowest BCUT2D eigenvalue weighted by molar-refractivity contribution is 0.0861.